The molecule has 1 aromatic heterocycles. The van der Waals surface area contributed by atoms with E-state index in [2.05, 4.69) is 84.9 Å². The highest BCUT2D eigenvalue weighted by atomic mass is 35.5. The molecule has 0 amide bonds. The van der Waals surface area contributed by atoms with Gasteiger partial charge in [-0.1, -0.05) is 157 Å². The van der Waals surface area contributed by atoms with Crippen LogP contribution in [0.15, 0.2) is 170 Å². The van der Waals surface area contributed by atoms with Crippen molar-refractivity contribution in [2.45, 2.75) is 63.4 Å². The van der Waals surface area contributed by atoms with Gasteiger partial charge >= 0.3 is 0 Å². The van der Waals surface area contributed by atoms with Gasteiger partial charge in [0.15, 0.2) is 0 Å². The molecule has 284 valence electrons. The first-order chi connectivity index (χ1) is 27.6. The Morgan fingerprint density at radius 2 is 1.04 bits per heavy atom. The highest BCUT2D eigenvalue weighted by molar-refractivity contribution is 7.19. The average molecular weight is 781 g/mol. The van der Waals surface area contributed by atoms with Crippen LogP contribution in [0.1, 0.15) is 44.4 Å². The molecule has 5 atom stereocenters. The number of fused-ring (bicyclic) bond motifs is 1. The van der Waals surface area contributed by atoms with Crippen molar-refractivity contribution in [3.05, 3.63) is 213 Å². The molecule has 8 rings (SSSR count). The minimum atomic E-state index is -0.508. The molecule has 7 heteroatoms. The maximum atomic E-state index is 7.19. The monoisotopic (exact) mass is 780 g/mol. The summed E-state index contributed by atoms with van der Waals surface area (Å²) in [5, 5.41) is 1.91. The molecule has 1 fully saturated rings. The van der Waals surface area contributed by atoms with E-state index in [1.54, 1.807) is 11.3 Å². The lowest BCUT2D eigenvalue weighted by Crippen LogP contribution is -2.58. The number of benzene rings is 6. The first-order valence-electron chi connectivity index (χ1n) is 19.2. The molecule has 56 heavy (non-hydrogen) atoms. The van der Waals surface area contributed by atoms with Crippen LogP contribution < -0.4 is 0 Å². The summed E-state index contributed by atoms with van der Waals surface area (Å²) in [4.78, 5) is 1.27. The summed E-state index contributed by atoms with van der Waals surface area (Å²) >= 11 is 8.13. The van der Waals surface area contributed by atoms with Crippen molar-refractivity contribution in [3.63, 3.8) is 0 Å². The molecule has 6 aromatic carbocycles. The number of hydrogen-bond donors (Lipinski definition) is 0. The van der Waals surface area contributed by atoms with E-state index < -0.39 is 30.5 Å². The molecule has 5 nitrogen and oxygen atoms in total. The average Bonchev–Trinajstić information content (AvgIpc) is 3.64. The van der Waals surface area contributed by atoms with E-state index in [-0.39, 0.29) is 0 Å². The summed E-state index contributed by atoms with van der Waals surface area (Å²) in [6.07, 6.45) is -1.65. The molecular weight excluding hydrogens is 736 g/mol. The fourth-order valence-electron chi connectivity index (χ4n) is 7.30. The van der Waals surface area contributed by atoms with Crippen LogP contribution in [0.3, 0.4) is 0 Å². The third-order valence-corrected chi connectivity index (χ3v) is 11.4. The Morgan fingerprint density at radius 1 is 0.500 bits per heavy atom. The Bertz CT molecular complexity index is 2250. The van der Waals surface area contributed by atoms with E-state index >= 15 is 0 Å². The normalized spacial score (nSPS) is 19.6. The van der Waals surface area contributed by atoms with E-state index in [1.807, 2.05) is 84.9 Å². The molecule has 0 unspecified atom stereocenters. The summed E-state index contributed by atoms with van der Waals surface area (Å²) in [6, 6.07) is 58.0. The molecule has 0 spiro atoms. The molecule has 1 aliphatic rings. The van der Waals surface area contributed by atoms with Crippen molar-refractivity contribution >= 4 is 33.0 Å². The van der Waals surface area contributed by atoms with Crippen LogP contribution in [0.2, 0.25) is 5.02 Å². The number of halogens is 1. The fraction of sp³-hybridized carbons (Fsp3) is 0.224. The Hall–Kier alpha value is -4.63. The third-order valence-electron chi connectivity index (χ3n) is 10.1. The highest BCUT2D eigenvalue weighted by Crippen LogP contribution is 2.39. The van der Waals surface area contributed by atoms with Gasteiger partial charge in [-0.3, -0.25) is 0 Å². The minimum absolute atomic E-state index is 0.311. The van der Waals surface area contributed by atoms with Crippen LogP contribution in [0.4, 0.5) is 0 Å². The van der Waals surface area contributed by atoms with E-state index in [1.165, 1.54) is 15.1 Å². The predicted molar refractivity (Wildman–Crippen MR) is 225 cm³/mol. The smallest absolute Gasteiger partial charge is 0.117 e. The van der Waals surface area contributed by atoms with Gasteiger partial charge in [0.1, 0.15) is 30.5 Å². The number of thiophene rings is 1. The van der Waals surface area contributed by atoms with E-state index in [4.69, 9.17) is 35.3 Å². The molecule has 0 saturated carbocycles. The molecule has 1 aliphatic heterocycles. The van der Waals surface area contributed by atoms with E-state index in [9.17, 15) is 0 Å². The van der Waals surface area contributed by atoms with Crippen LogP contribution in [0, 0.1) is 0 Å². The highest BCUT2D eigenvalue weighted by Gasteiger charge is 2.49. The third kappa shape index (κ3) is 10.0. The van der Waals surface area contributed by atoms with Gasteiger partial charge in [-0.05, 0) is 63.0 Å². The minimum Gasteiger partial charge on any atom is -0.374 e. The molecule has 1 saturated heterocycles. The number of rotatable bonds is 16. The zero-order valence-electron chi connectivity index (χ0n) is 31.1. The number of ether oxygens (including phenoxy) is 5. The predicted octanol–water partition coefficient (Wildman–Crippen LogP) is 11.6. The van der Waals surface area contributed by atoms with Crippen LogP contribution in [0.5, 0.6) is 0 Å². The van der Waals surface area contributed by atoms with Crippen LogP contribution in [-0.2, 0) is 56.5 Å². The summed E-state index contributed by atoms with van der Waals surface area (Å²) < 4.78 is 35.7. The van der Waals surface area contributed by atoms with Crippen LogP contribution >= 0.6 is 22.9 Å². The van der Waals surface area contributed by atoms with Gasteiger partial charge in [0, 0.05) is 21.0 Å². The van der Waals surface area contributed by atoms with Crippen molar-refractivity contribution in [1.29, 1.82) is 0 Å². The SMILES string of the molecule is Clc1ccc2sc(Cc3cccc([C@@H]4O[C@H](COCc5ccccc5)[C@@H](OCc5ccccc5)[C@H](OCc5ccccc5)[C@H]4OCc4ccccc4)c3)cc2c1. The Kier molecular flexibility index (Phi) is 13.0. The molecule has 0 aliphatic carbocycles. The van der Waals surface area contributed by atoms with Gasteiger partial charge in [0.25, 0.3) is 0 Å². The Balaban J connectivity index is 1.14. The van der Waals surface area contributed by atoms with Gasteiger partial charge in [0.05, 0.1) is 33.0 Å². The number of hydrogen-bond acceptors (Lipinski definition) is 6. The molecular formula is C49H45ClO5S. The Morgan fingerprint density at radius 3 is 1.64 bits per heavy atom. The maximum Gasteiger partial charge on any atom is 0.117 e. The van der Waals surface area contributed by atoms with Gasteiger partial charge in [-0.25, -0.2) is 0 Å². The molecule has 0 radical (unpaired) electrons. The first-order valence-corrected chi connectivity index (χ1v) is 20.3. The standard InChI is InChI=1S/C49H45ClO5S/c50-42-24-25-45-41(28-42)29-43(56-45)27-39-22-13-23-40(26-39)46-48(53-32-37-18-9-3-10-19-37)49(54-33-38-20-11-4-12-21-38)47(52-31-36-16-7-2-8-17-36)44(55-46)34-51-30-35-14-5-1-6-15-35/h1-26,28-29,44,46-49H,27,30-34H2/t44-,46+,47-,48+,49+/m1/s1. The summed E-state index contributed by atoms with van der Waals surface area (Å²) in [5.41, 5.74) is 6.51. The fourth-order valence-corrected chi connectivity index (χ4v) is 8.55. The lowest BCUT2D eigenvalue weighted by molar-refractivity contribution is -0.275. The van der Waals surface area contributed by atoms with Crippen molar-refractivity contribution in [1.82, 2.24) is 0 Å². The van der Waals surface area contributed by atoms with Gasteiger partial charge in [0.2, 0.25) is 0 Å². The lowest BCUT2D eigenvalue weighted by atomic mass is 9.89. The quantitative estimate of drug-likeness (QED) is 0.0977. The van der Waals surface area contributed by atoms with Crippen molar-refractivity contribution in [3.8, 4) is 0 Å². The second-order valence-corrected chi connectivity index (χ2v) is 15.8. The van der Waals surface area contributed by atoms with E-state index in [0.717, 1.165) is 44.6 Å². The topological polar surface area (TPSA) is 46.2 Å². The second kappa shape index (κ2) is 19.0. The van der Waals surface area contributed by atoms with E-state index in [0.29, 0.717) is 33.0 Å². The van der Waals surface area contributed by atoms with Gasteiger partial charge in [-0.15, -0.1) is 11.3 Å². The summed E-state index contributed by atoms with van der Waals surface area (Å²) in [7, 11) is 0. The van der Waals surface area contributed by atoms with Crippen LogP contribution in [0.25, 0.3) is 10.1 Å². The molecule has 7 aromatic rings. The zero-order chi connectivity index (χ0) is 37.9. The zero-order valence-corrected chi connectivity index (χ0v) is 32.7. The van der Waals surface area contributed by atoms with Gasteiger partial charge in [-0.2, -0.15) is 0 Å². The summed E-state index contributed by atoms with van der Waals surface area (Å²) in [5.74, 6) is 0. The largest absolute Gasteiger partial charge is 0.374 e. The second-order valence-electron chi connectivity index (χ2n) is 14.2. The lowest BCUT2D eigenvalue weighted by Gasteiger charge is -2.46. The molecule has 0 bridgehead atoms. The molecule has 0 N–H and O–H groups in total. The van der Waals surface area contributed by atoms with Crippen molar-refractivity contribution in [2.24, 2.45) is 0 Å². The summed E-state index contributed by atoms with van der Waals surface area (Å²) in [6.45, 7) is 1.94. The first kappa shape index (κ1) is 38.3. The van der Waals surface area contributed by atoms with Crippen LogP contribution in [-0.4, -0.2) is 31.0 Å². The Labute approximate surface area is 338 Å². The van der Waals surface area contributed by atoms with Gasteiger partial charge < -0.3 is 23.7 Å². The maximum absolute atomic E-state index is 7.19. The molecule has 2 heterocycles. The van der Waals surface area contributed by atoms with Crippen molar-refractivity contribution < 1.29 is 23.7 Å². The van der Waals surface area contributed by atoms with Crippen molar-refractivity contribution in [2.75, 3.05) is 6.61 Å².